The van der Waals surface area contributed by atoms with Crippen molar-refractivity contribution in [3.63, 3.8) is 0 Å². The van der Waals surface area contributed by atoms with Gasteiger partial charge in [-0.1, -0.05) is 43.5 Å². The molecule has 1 aromatic heterocycles. The zero-order valence-corrected chi connectivity index (χ0v) is 26.9. The lowest BCUT2D eigenvalue weighted by molar-refractivity contribution is -0.118. The Labute approximate surface area is 267 Å². The summed E-state index contributed by atoms with van der Waals surface area (Å²) in [6.45, 7) is 3.11. The van der Waals surface area contributed by atoms with Crippen LogP contribution in [0.3, 0.4) is 0 Å². The third kappa shape index (κ3) is 7.11. The van der Waals surface area contributed by atoms with E-state index in [0.717, 1.165) is 34.8 Å². The second kappa shape index (κ2) is 13.8. The number of nitrogens with one attached hydrogen (secondary N) is 2. The van der Waals surface area contributed by atoms with Gasteiger partial charge in [-0.2, -0.15) is 14.7 Å². The third-order valence-corrected chi connectivity index (χ3v) is 10.1. The number of rotatable bonds is 10. The van der Waals surface area contributed by atoms with Crippen LogP contribution in [0.2, 0.25) is 0 Å². The SMILES string of the molecule is CC(C)Nc1c(F)cc(S(=O)(=O)N(C)CC(=O)N(Cc2ccc(C3CCCCC3)cc2)c2ccc3c(=O)[nH]ncc3c2)cc1C#N. The van der Waals surface area contributed by atoms with Crippen molar-refractivity contribution in [3.05, 3.63) is 93.7 Å². The number of anilines is 2. The number of carbonyl (C=O) groups is 1. The van der Waals surface area contributed by atoms with Gasteiger partial charge < -0.3 is 10.2 Å². The predicted octanol–water partition coefficient (Wildman–Crippen LogP) is 5.66. The summed E-state index contributed by atoms with van der Waals surface area (Å²) in [4.78, 5) is 27.2. The molecule has 1 amide bonds. The Kier molecular flexibility index (Phi) is 9.84. The van der Waals surface area contributed by atoms with Gasteiger partial charge in [0.2, 0.25) is 15.9 Å². The summed E-state index contributed by atoms with van der Waals surface area (Å²) in [7, 11) is -3.14. The molecule has 1 saturated carbocycles. The van der Waals surface area contributed by atoms with E-state index in [0.29, 0.717) is 22.4 Å². The van der Waals surface area contributed by atoms with E-state index in [-0.39, 0.29) is 29.4 Å². The maximum Gasteiger partial charge on any atom is 0.272 e. The minimum absolute atomic E-state index is 0.0829. The lowest BCUT2D eigenvalue weighted by Gasteiger charge is -2.27. The Balaban J connectivity index is 1.44. The summed E-state index contributed by atoms with van der Waals surface area (Å²) < 4.78 is 43.0. The number of nitrogens with zero attached hydrogens (tertiary/aromatic N) is 4. The van der Waals surface area contributed by atoms with E-state index < -0.39 is 33.2 Å². The molecule has 0 atom stereocenters. The summed E-state index contributed by atoms with van der Waals surface area (Å²) in [6.07, 6.45) is 7.50. The summed E-state index contributed by atoms with van der Waals surface area (Å²) in [5.74, 6) is -0.908. The van der Waals surface area contributed by atoms with Crippen LogP contribution < -0.4 is 15.8 Å². The number of H-pyrrole nitrogens is 1. The van der Waals surface area contributed by atoms with Gasteiger partial charge in [0.05, 0.1) is 40.8 Å². The highest BCUT2D eigenvalue weighted by atomic mass is 32.2. The van der Waals surface area contributed by atoms with Gasteiger partial charge >= 0.3 is 0 Å². The number of hydrogen-bond donors (Lipinski definition) is 2. The van der Waals surface area contributed by atoms with Gasteiger partial charge in [0.1, 0.15) is 11.9 Å². The molecular formula is C34H37FN6O4S. The average Bonchev–Trinajstić information content (AvgIpc) is 3.04. The van der Waals surface area contributed by atoms with Crippen molar-refractivity contribution in [2.75, 3.05) is 23.8 Å². The first-order chi connectivity index (χ1) is 22.0. The van der Waals surface area contributed by atoms with Crippen molar-refractivity contribution < 1.29 is 17.6 Å². The van der Waals surface area contributed by atoms with Crippen LogP contribution >= 0.6 is 0 Å². The lowest BCUT2D eigenvalue weighted by Crippen LogP contribution is -2.41. The fraction of sp³-hybridized carbons (Fsp3) is 0.353. The van der Waals surface area contributed by atoms with Crippen LogP contribution in [0.1, 0.15) is 68.6 Å². The largest absolute Gasteiger partial charge is 0.379 e. The van der Waals surface area contributed by atoms with Crippen LogP contribution in [0.25, 0.3) is 10.8 Å². The molecule has 1 aliphatic rings. The molecule has 3 aromatic carbocycles. The molecule has 1 fully saturated rings. The van der Waals surface area contributed by atoms with E-state index in [9.17, 15) is 23.3 Å². The van der Waals surface area contributed by atoms with E-state index >= 15 is 4.39 Å². The predicted molar refractivity (Wildman–Crippen MR) is 176 cm³/mol. The molecule has 0 spiro atoms. The second-order valence-electron chi connectivity index (χ2n) is 12.0. The molecule has 2 N–H and O–H groups in total. The topological polar surface area (TPSA) is 139 Å². The van der Waals surface area contributed by atoms with Crippen LogP contribution in [0.5, 0.6) is 0 Å². The monoisotopic (exact) mass is 644 g/mol. The van der Waals surface area contributed by atoms with Gasteiger partial charge in [0.15, 0.2) is 0 Å². The Morgan fingerprint density at radius 1 is 1.11 bits per heavy atom. The Morgan fingerprint density at radius 3 is 2.50 bits per heavy atom. The standard InChI is InChI=1S/C34H37FN6O4S/c1-22(2)38-33-26(18-36)16-29(17-31(33)35)46(44,45)40(3)21-32(42)41(28-13-14-30-27(15-28)19-37-39-34(30)43)20-23-9-11-25(12-10-23)24-7-5-4-6-8-24/h9-17,19,22,24,38H,4-8,20-21H2,1-3H3,(H,39,43). The van der Waals surface area contributed by atoms with Crippen molar-refractivity contribution in [2.24, 2.45) is 0 Å². The molecule has 0 aliphatic heterocycles. The van der Waals surface area contributed by atoms with Crippen molar-refractivity contribution in [1.82, 2.24) is 14.5 Å². The van der Waals surface area contributed by atoms with Crippen LogP contribution in [-0.4, -0.2) is 48.5 Å². The van der Waals surface area contributed by atoms with Gasteiger partial charge in [0, 0.05) is 24.2 Å². The molecule has 0 radical (unpaired) electrons. The highest BCUT2D eigenvalue weighted by Gasteiger charge is 2.28. The van der Waals surface area contributed by atoms with Crippen molar-refractivity contribution in [3.8, 4) is 6.07 Å². The normalized spacial score (nSPS) is 14.0. The Morgan fingerprint density at radius 2 is 1.83 bits per heavy atom. The second-order valence-corrected chi connectivity index (χ2v) is 14.1. The fourth-order valence-electron chi connectivity index (χ4n) is 5.88. The molecule has 46 heavy (non-hydrogen) atoms. The van der Waals surface area contributed by atoms with E-state index in [1.165, 1.54) is 43.0 Å². The van der Waals surface area contributed by atoms with E-state index in [1.54, 1.807) is 32.0 Å². The number of aromatic nitrogens is 2. The molecule has 1 heterocycles. The quantitative estimate of drug-likeness (QED) is 0.227. The smallest absolute Gasteiger partial charge is 0.272 e. The van der Waals surface area contributed by atoms with Crippen LogP contribution in [0.4, 0.5) is 15.8 Å². The summed E-state index contributed by atoms with van der Waals surface area (Å²) in [5.41, 5.74) is 1.95. The molecular weight excluding hydrogens is 607 g/mol. The van der Waals surface area contributed by atoms with E-state index in [4.69, 9.17) is 0 Å². The number of sulfonamides is 1. The van der Waals surface area contributed by atoms with Crippen molar-refractivity contribution in [2.45, 2.75) is 69.4 Å². The number of fused-ring (bicyclic) bond motifs is 1. The summed E-state index contributed by atoms with van der Waals surface area (Å²) >= 11 is 0. The number of hydrogen-bond acceptors (Lipinski definition) is 7. The van der Waals surface area contributed by atoms with Gasteiger partial charge in [0.25, 0.3) is 5.56 Å². The highest BCUT2D eigenvalue weighted by Crippen LogP contribution is 2.33. The van der Waals surface area contributed by atoms with Crippen LogP contribution in [0.15, 0.2) is 70.5 Å². The lowest BCUT2D eigenvalue weighted by atomic mass is 9.84. The third-order valence-electron chi connectivity index (χ3n) is 8.34. The maximum absolute atomic E-state index is 15.0. The number of aromatic amines is 1. The number of amides is 1. The highest BCUT2D eigenvalue weighted by molar-refractivity contribution is 7.89. The zero-order valence-electron chi connectivity index (χ0n) is 26.1. The zero-order chi connectivity index (χ0) is 33.0. The Hall–Kier alpha value is -4.60. The number of benzene rings is 3. The molecule has 10 nitrogen and oxygen atoms in total. The number of halogens is 1. The fourth-order valence-corrected chi connectivity index (χ4v) is 7.04. The van der Waals surface area contributed by atoms with Crippen molar-refractivity contribution in [1.29, 1.82) is 5.26 Å². The number of likely N-dealkylation sites (N-methyl/N-ethyl adjacent to an activating group) is 1. The molecule has 12 heteroatoms. The number of carbonyl (C=O) groups excluding carboxylic acids is 1. The van der Waals surface area contributed by atoms with Crippen LogP contribution in [0, 0.1) is 17.1 Å². The molecule has 0 unspecified atom stereocenters. The van der Waals surface area contributed by atoms with Crippen LogP contribution in [-0.2, 0) is 21.4 Å². The molecule has 1 aliphatic carbocycles. The minimum atomic E-state index is -4.37. The Bertz CT molecular complexity index is 1950. The van der Waals surface area contributed by atoms with Gasteiger partial charge in [-0.15, -0.1) is 0 Å². The average molecular weight is 645 g/mol. The van der Waals surface area contributed by atoms with Gasteiger partial charge in [-0.05, 0) is 74.1 Å². The first kappa shape index (κ1) is 32.8. The summed E-state index contributed by atoms with van der Waals surface area (Å²) in [5, 5.41) is 19.6. The first-order valence-electron chi connectivity index (χ1n) is 15.3. The van der Waals surface area contributed by atoms with Gasteiger partial charge in [-0.3, -0.25) is 9.59 Å². The molecule has 0 bridgehead atoms. The first-order valence-corrected chi connectivity index (χ1v) is 16.7. The van der Waals surface area contributed by atoms with E-state index in [2.05, 4.69) is 27.6 Å². The molecule has 4 aromatic rings. The number of nitriles is 1. The van der Waals surface area contributed by atoms with Crippen molar-refractivity contribution >= 4 is 38.1 Å². The van der Waals surface area contributed by atoms with Gasteiger partial charge in [-0.25, -0.2) is 17.9 Å². The molecule has 0 saturated heterocycles. The summed E-state index contributed by atoms with van der Waals surface area (Å²) in [6, 6.07) is 16.7. The van der Waals surface area contributed by atoms with E-state index in [1.807, 2.05) is 18.2 Å². The molecule has 240 valence electrons. The minimum Gasteiger partial charge on any atom is -0.379 e. The molecule has 5 rings (SSSR count). The maximum atomic E-state index is 15.0.